The molecule has 2 nitrogen and oxygen atoms in total. The molecular formula is C15H22N2S. The molecule has 1 unspecified atom stereocenters. The number of aliphatic imine (C=N–C) groups is 1. The largest absolute Gasteiger partial charge is 0.357 e. The third kappa shape index (κ3) is 4.05. The van der Waals surface area contributed by atoms with Gasteiger partial charge in [-0.25, -0.2) is 0 Å². The molecule has 1 aromatic rings. The second kappa shape index (κ2) is 7.47. The van der Waals surface area contributed by atoms with Crippen LogP contribution in [0.25, 0.3) is 0 Å². The minimum absolute atomic E-state index is 0.436. The van der Waals surface area contributed by atoms with Crippen LogP contribution >= 0.6 is 11.8 Å². The van der Waals surface area contributed by atoms with Gasteiger partial charge in [-0.05, 0) is 12.0 Å². The van der Waals surface area contributed by atoms with Crippen LogP contribution in [0, 0.1) is 0 Å². The molecule has 3 heteroatoms. The summed E-state index contributed by atoms with van der Waals surface area (Å²) in [6.45, 7) is 3.21. The van der Waals surface area contributed by atoms with Gasteiger partial charge in [-0.3, -0.25) is 4.99 Å². The molecule has 0 saturated carbocycles. The Hall–Kier alpha value is -0.960. The Morgan fingerprint density at radius 1 is 1.22 bits per heavy atom. The number of rotatable bonds is 6. The van der Waals surface area contributed by atoms with E-state index in [2.05, 4.69) is 47.6 Å². The Bertz CT molecular complexity index is 375. The standard InChI is InChI=1S/C15H22N2S/c1-2-3-4-8-11-16-15-17-14(12-18-15)13-9-6-5-7-10-13/h5-7,9-10,14H,2-4,8,11-12H2,1H3,(H,16,17). The minimum Gasteiger partial charge on any atom is -0.357 e. The number of nitrogens with zero attached hydrogens (tertiary/aromatic N) is 1. The Morgan fingerprint density at radius 3 is 2.83 bits per heavy atom. The molecule has 1 heterocycles. The molecule has 0 radical (unpaired) electrons. The molecule has 1 saturated heterocycles. The predicted molar refractivity (Wildman–Crippen MR) is 81.2 cm³/mol. The first kappa shape index (κ1) is 13.5. The zero-order valence-corrected chi connectivity index (χ0v) is 11.9. The van der Waals surface area contributed by atoms with E-state index < -0.39 is 0 Å². The number of hydrogen-bond donors (Lipinski definition) is 1. The summed E-state index contributed by atoms with van der Waals surface area (Å²) in [5, 5.41) is 4.64. The molecule has 18 heavy (non-hydrogen) atoms. The summed E-state index contributed by atoms with van der Waals surface area (Å²) in [6.07, 6.45) is 5.15. The maximum absolute atomic E-state index is 4.64. The van der Waals surface area contributed by atoms with Gasteiger partial charge in [0.1, 0.15) is 0 Å². The molecule has 2 rings (SSSR count). The molecule has 0 aliphatic carbocycles. The van der Waals surface area contributed by atoms with Gasteiger partial charge in [-0.15, -0.1) is 0 Å². The van der Waals surface area contributed by atoms with Crippen LogP contribution in [-0.2, 0) is 0 Å². The van der Waals surface area contributed by atoms with Crippen molar-refractivity contribution in [1.29, 1.82) is 0 Å². The van der Waals surface area contributed by atoms with E-state index in [4.69, 9.17) is 0 Å². The predicted octanol–water partition coefficient (Wildman–Crippen LogP) is 4.00. The second-order valence-corrected chi connectivity index (χ2v) is 5.67. The molecule has 0 amide bonds. The van der Waals surface area contributed by atoms with Crippen LogP contribution in [0.15, 0.2) is 35.3 Å². The SMILES string of the molecule is CCCCCCN=C1NC(c2ccccc2)CS1. The molecule has 0 aromatic heterocycles. The van der Waals surface area contributed by atoms with Crippen LogP contribution in [0.4, 0.5) is 0 Å². The molecule has 1 aliphatic heterocycles. The van der Waals surface area contributed by atoms with Gasteiger partial charge in [-0.2, -0.15) is 0 Å². The molecule has 1 atom stereocenters. The summed E-state index contributed by atoms with van der Waals surface area (Å²) in [7, 11) is 0. The molecule has 98 valence electrons. The number of unbranched alkanes of at least 4 members (excludes halogenated alkanes) is 3. The smallest absolute Gasteiger partial charge is 0.157 e. The van der Waals surface area contributed by atoms with Crippen LogP contribution in [0.1, 0.15) is 44.2 Å². The first-order valence-electron chi connectivity index (χ1n) is 6.89. The van der Waals surface area contributed by atoms with Gasteiger partial charge < -0.3 is 5.32 Å². The van der Waals surface area contributed by atoms with E-state index in [1.54, 1.807) is 0 Å². The van der Waals surface area contributed by atoms with Crippen molar-refractivity contribution in [3.63, 3.8) is 0 Å². The lowest BCUT2D eigenvalue weighted by molar-refractivity contribution is 0.672. The van der Waals surface area contributed by atoms with Crippen LogP contribution in [0.3, 0.4) is 0 Å². The van der Waals surface area contributed by atoms with Gasteiger partial charge in [0.05, 0.1) is 6.04 Å². The first-order chi connectivity index (χ1) is 8.90. The fourth-order valence-electron chi connectivity index (χ4n) is 2.07. The van der Waals surface area contributed by atoms with Crippen molar-refractivity contribution in [3.8, 4) is 0 Å². The molecule has 1 aliphatic rings. The van der Waals surface area contributed by atoms with Crippen molar-refractivity contribution in [2.75, 3.05) is 12.3 Å². The average Bonchev–Trinajstić information content (AvgIpc) is 2.88. The Balaban J connectivity index is 1.76. The van der Waals surface area contributed by atoms with E-state index in [-0.39, 0.29) is 0 Å². The van der Waals surface area contributed by atoms with Gasteiger partial charge in [0.15, 0.2) is 5.17 Å². The highest BCUT2D eigenvalue weighted by atomic mass is 32.2. The highest BCUT2D eigenvalue weighted by Crippen LogP contribution is 2.25. The summed E-state index contributed by atoms with van der Waals surface area (Å²) < 4.78 is 0. The zero-order valence-electron chi connectivity index (χ0n) is 11.1. The number of nitrogens with one attached hydrogen (secondary N) is 1. The molecule has 0 spiro atoms. The van der Waals surface area contributed by atoms with E-state index in [9.17, 15) is 0 Å². The molecular weight excluding hydrogens is 240 g/mol. The highest BCUT2D eigenvalue weighted by Gasteiger charge is 2.20. The number of benzene rings is 1. The van der Waals surface area contributed by atoms with Crippen LogP contribution < -0.4 is 5.32 Å². The minimum atomic E-state index is 0.436. The maximum atomic E-state index is 4.64. The van der Waals surface area contributed by atoms with Crippen molar-refractivity contribution >= 4 is 16.9 Å². The van der Waals surface area contributed by atoms with Crippen molar-refractivity contribution in [1.82, 2.24) is 5.32 Å². The Morgan fingerprint density at radius 2 is 2.06 bits per heavy atom. The maximum Gasteiger partial charge on any atom is 0.157 e. The summed E-state index contributed by atoms with van der Waals surface area (Å²) in [5.74, 6) is 1.10. The van der Waals surface area contributed by atoms with Gasteiger partial charge in [0, 0.05) is 12.3 Å². The molecule has 1 fully saturated rings. The quantitative estimate of drug-likeness (QED) is 0.784. The number of thioether (sulfide) groups is 1. The molecule has 1 N–H and O–H groups in total. The zero-order chi connectivity index (χ0) is 12.6. The van der Waals surface area contributed by atoms with Gasteiger partial charge in [-0.1, -0.05) is 68.3 Å². The first-order valence-corrected chi connectivity index (χ1v) is 7.87. The molecule has 1 aromatic carbocycles. The van der Waals surface area contributed by atoms with Crippen molar-refractivity contribution in [2.45, 2.75) is 38.6 Å². The summed E-state index contributed by atoms with van der Waals surface area (Å²) in [6, 6.07) is 11.1. The van der Waals surface area contributed by atoms with E-state index in [1.165, 1.54) is 31.2 Å². The van der Waals surface area contributed by atoms with Crippen molar-refractivity contribution in [3.05, 3.63) is 35.9 Å². The second-order valence-electron chi connectivity index (χ2n) is 4.67. The topological polar surface area (TPSA) is 24.4 Å². The van der Waals surface area contributed by atoms with Crippen molar-refractivity contribution in [2.24, 2.45) is 4.99 Å². The Labute approximate surface area is 114 Å². The summed E-state index contributed by atoms with van der Waals surface area (Å²) in [4.78, 5) is 4.64. The molecule has 0 bridgehead atoms. The lowest BCUT2D eigenvalue weighted by atomic mass is 10.1. The van der Waals surface area contributed by atoms with Crippen LogP contribution in [0.2, 0.25) is 0 Å². The van der Waals surface area contributed by atoms with Crippen molar-refractivity contribution < 1.29 is 0 Å². The monoisotopic (exact) mass is 262 g/mol. The third-order valence-electron chi connectivity index (χ3n) is 3.15. The summed E-state index contributed by atoms with van der Waals surface area (Å²) in [5.41, 5.74) is 1.36. The van der Waals surface area contributed by atoms with Gasteiger partial charge >= 0.3 is 0 Å². The van der Waals surface area contributed by atoms with E-state index >= 15 is 0 Å². The third-order valence-corrected chi connectivity index (χ3v) is 4.17. The van der Waals surface area contributed by atoms with E-state index in [0.29, 0.717) is 6.04 Å². The van der Waals surface area contributed by atoms with Crippen LogP contribution in [-0.4, -0.2) is 17.5 Å². The fraction of sp³-hybridized carbons (Fsp3) is 0.533. The fourth-order valence-corrected chi connectivity index (χ4v) is 3.08. The Kier molecular flexibility index (Phi) is 5.59. The van der Waals surface area contributed by atoms with Gasteiger partial charge in [0.2, 0.25) is 0 Å². The number of hydrogen-bond acceptors (Lipinski definition) is 2. The highest BCUT2D eigenvalue weighted by molar-refractivity contribution is 8.14. The van der Waals surface area contributed by atoms with E-state index in [1.807, 2.05) is 11.8 Å². The van der Waals surface area contributed by atoms with Gasteiger partial charge in [0.25, 0.3) is 0 Å². The van der Waals surface area contributed by atoms with Crippen LogP contribution in [0.5, 0.6) is 0 Å². The number of amidine groups is 1. The van der Waals surface area contributed by atoms with E-state index in [0.717, 1.165) is 17.5 Å². The normalized spacial score (nSPS) is 21.2. The lowest BCUT2D eigenvalue weighted by Crippen LogP contribution is -2.19. The summed E-state index contributed by atoms with van der Waals surface area (Å²) >= 11 is 1.85. The average molecular weight is 262 g/mol. The lowest BCUT2D eigenvalue weighted by Gasteiger charge is -2.09.